The van der Waals surface area contributed by atoms with Crippen molar-refractivity contribution in [3.8, 4) is 0 Å². The Hall–Kier alpha value is -4.30. The van der Waals surface area contributed by atoms with Gasteiger partial charge in [-0.3, -0.25) is 10.2 Å². The van der Waals surface area contributed by atoms with Crippen LogP contribution in [0.1, 0.15) is 23.6 Å². The Morgan fingerprint density at radius 3 is 2.26 bits per heavy atom. The maximum Gasteiger partial charge on any atom is 0.284 e. The lowest BCUT2D eigenvalue weighted by atomic mass is 10.2. The molecule has 1 amide bonds. The van der Waals surface area contributed by atoms with E-state index in [0.717, 1.165) is 22.4 Å². The quantitative estimate of drug-likeness (QED) is 0.132. The van der Waals surface area contributed by atoms with E-state index in [2.05, 4.69) is 25.7 Å². The molecule has 0 atom stereocenters. The van der Waals surface area contributed by atoms with Gasteiger partial charge >= 0.3 is 0 Å². The second-order valence-electron chi connectivity index (χ2n) is 7.45. The van der Waals surface area contributed by atoms with Crippen molar-refractivity contribution >= 4 is 46.7 Å². The molecule has 8 heteroatoms. The van der Waals surface area contributed by atoms with E-state index >= 15 is 0 Å². The molecule has 7 nitrogen and oxygen atoms in total. The smallest absolute Gasteiger partial charge is 0.276 e. The molecule has 0 unspecified atom stereocenters. The van der Waals surface area contributed by atoms with E-state index in [1.165, 1.54) is 4.90 Å². The number of carbonyl (C=O) groups is 1. The number of hydrogen-bond donors (Lipinski definition) is 1. The van der Waals surface area contributed by atoms with Gasteiger partial charge in [-0.2, -0.15) is 5.10 Å². The van der Waals surface area contributed by atoms with Crippen LogP contribution in [0, 0.1) is 6.92 Å². The number of hydrazone groups is 1. The van der Waals surface area contributed by atoms with Gasteiger partial charge in [-0.25, -0.2) is 9.89 Å². The summed E-state index contributed by atoms with van der Waals surface area (Å²) in [5.74, 6) is 0.418. The highest BCUT2D eigenvalue weighted by Gasteiger charge is 2.31. The van der Waals surface area contributed by atoms with Gasteiger partial charge in [-0.1, -0.05) is 78.9 Å². The summed E-state index contributed by atoms with van der Waals surface area (Å²) in [5.41, 5.74) is 6.84. The lowest BCUT2D eigenvalue weighted by Gasteiger charge is -2.12. The SMILES string of the molecule is CC1=N/C(=C\c2ccccc2)C(=O)N1C(=S)N=N/C(=N/Nc1ccccc1C)c1ccccc1. The van der Waals surface area contributed by atoms with Crippen molar-refractivity contribution in [3.05, 3.63) is 107 Å². The minimum Gasteiger partial charge on any atom is -0.276 e. The Morgan fingerprint density at radius 1 is 0.912 bits per heavy atom. The normalized spacial score (nSPS) is 15.2. The molecule has 0 saturated heterocycles. The third-order valence-electron chi connectivity index (χ3n) is 5.01. The van der Waals surface area contributed by atoms with Gasteiger partial charge in [0.05, 0.1) is 5.69 Å². The minimum absolute atomic E-state index is 0.0118. The molecule has 1 N–H and O–H groups in total. The summed E-state index contributed by atoms with van der Waals surface area (Å²) >= 11 is 5.41. The molecule has 1 aliphatic rings. The van der Waals surface area contributed by atoms with Crippen molar-refractivity contribution in [2.45, 2.75) is 13.8 Å². The molecule has 1 aliphatic heterocycles. The second kappa shape index (κ2) is 10.5. The van der Waals surface area contributed by atoms with Gasteiger partial charge in [0.25, 0.3) is 5.91 Å². The van der Waals surface area contributed by atoms with Gasteiger partial charge in [-0.05, 0) is 49.3 Å². The first-order valence-corrected chi connectivity index (χ1v) is 11.0. The summed E-state index contributed by atoms with van der Waals surface area (Å²) in [6.45, 7) is 3.69. The highest BCUT2D eigenvalue weighted by molar-refractivity contribution is 7.80. The molecule has 3 aromatic carbocycles. The molecule has 0 radical (unpaired) electrons. The zero-order chi connectivity index (χ0) is 23.9. The van der Waals surface area contributed by atoms with E-state index < -0.39 is 0 Å². The average molecular weight is 467 g/mol. The van der Waals surface area contributed by atoms with Crippen LogP contribution in [-0.2, 0) is 4.79 Å². The molecule has 1 heterocycles. The number of nitrogens with one attached hydrogen (secondary N) is 1. The van der Waals surface area contributed by atoms with Crippen LogP contribution in [0.5, 0.6) is 0 Å². The largest absolute Gasteiger partial charge is 0.284 e. The van der Waals surface area contributed by atoms with Crippen LogP contribution in [0.15, 0.2) is 111 Å². The van der Waals surface area contributed by atoms with E-state index in [0.29, 0.717) is 17.4 Å². The van der Waals surface area contributed by atoms with Crippen LogP contribution < -0.4 is 5.43 Å². The van der Waals surface area contributed by atoms with Crippen LogP contribution in [0.25, 0.3) is 6.08 Å². The number of amidine groups is 2. The van der Waals surface area contributed by atoms with E-state index in [-0.39, 0.29) is 11.0 Å². The van der Waals surface area contributed by atoms with E-state index in [1.54, 1.807) is 13.0 Å². The maximum atomic E-state index is 12.9. The molecule has 4 rings (SSSR count). The standard InChI is InChI=1S/C26H22N6OS/c1-18-11-9-10-16-22(18)28-29-24(21-14-7-4-8-15-21)30-31-26(34)32-19(2)27-23(25(32)33)17-20-12-5-3-6-13-20/h3-17,28H,1-2H3/b23-17-,29-24+,31-30?. The molecule has 0 saturated carbocycles. The number of carbonyl (C=O) groups excluding carboxylic acids is 1. The van der Waals surface area contributed by atoms with Gasteiger partial charge in [-0.15, -0.1) is 10.2 Å². The number of nitrogens with zero attached hydrogens (tertiary/aromatic N) is 5. The summed E-state index contributed by atoms with van der Waals surface area (Å²) in [6.07, 6.45) is 1.72. The Balaban J connectivity index is 1.57. The molecule has 0 bridgehead atoms. The van der Waals surface area contributed by atoms with Gasteiger partial charge in [0.2, 0.25) is 10.9 Å². The molecular weight excluding hydrogens is 444 g/mol. The number of thiocarbonyl (C=S) groups is 1. The molecule has 0 fully saturated rings. The highest BCUT2D eigenvalue weighted by Crippen LogP contribution is 2.20. The summed E-state index contributed by atoms with van der Waals surface area (Å²) in [4.78, 5) is 18.6. The fourth-order valence-corrected chi connectivity index (χ4v) is 3.49. The van der Waals surface area contributed by atoms with Crippen molar-refractivity contribution < 1.29 is 4.79 Å². The van der Waals surface area contributed by atoms with Gasteiger partial charge in [0, 0.05) is 5.56 Å². The number of aryl methyl sites for hydroxylation is 1. The molecule has 34 heavy (non-hydrogen) atoms. The van der Waals surface area contributed by atoms with E-state index in [9.17, 15) is 4.79 Å². The third kappa shape index (κ3) is 5.36. The fourth-order valence-electron chi connectivity index (χ4n) is 3.24. The number of anilines is 1. The monoisotopic (exact) mass is 466 g/mol. The van der Waals surface area contributed by atoms with E-state index in [1.807, 2.05) is 91.9 Å². The molecule has 168 valence electrons. The van der Waals surface area contributed by atoms with Crippen LogP contribution in [0.4, 0.5) is 5.69 Å². The molecule has 0 aliphatic carbocycles. The number of azo groups is 1. The lowest BCUT2D eigenvalue weighted by Crippen LogP contribution is -2.34. The summed E-state index contributed by atoms with van der Waals surface area (Å²) in [7, 11) is 0. The predicted molar refractivity (Wildman–Crippen MR) is 140 cm³/mol. The first-order valence-electron chi connectivity index (χ1n) is 10.6. The summed E-state index contributed by atoms with van der Waals surface area (Å²) < 4.78 is 0. The fraction of sp³-hybridized carbons (Fsp3) is 0.0769. The number of benzene rings is 3. The lowest BCUT2D eigenvalue weighted by molar-refractivity contribution is -0.120. The number of amides is 1. The van der Waals surface area contributed by atoms with Gasteiger partial charge < -0.3 is 0 Å². The Morgan fingerprint density at radius 2 is 1.56 bits per heavy atom. The van der Waals surface area contributed by atoms with Gasteiger partial charge in [0.15, 0.2) is 0 Å². The van der Waals surface area contributed by atoms with Crippen molar-refractivity contribution in [3.63, 3.8) is 0 Å². The van der Waals surface area contributed by atoms with Crippen molar-refractivity contribution in [2.75, 3.05) is 5.43 Å². The van der Waals surface area contributed by atoms with E-state index in [4.69, 9.17) is 12.2 Å². The van der Waals surface area contributed by atoms with Crippen molar-refractivity contribution in [1.82, 2.24) is 4.90 Å². The molecule has 3 aromatic rings. The number of aliphatic imine (C=N–C) groups is 1. The number of para-hydroxylation sites is 1. The van der Waals surface area contributed by atoms with Crippen LogP contribution >= 0.6 is 12.2 Å². The first-order chi connectivity index (χ1) is 16.5. The van der Waals surface area contributed by atoms with Gasteiger partial charge in [0.1, 0.15) is 11.5 Å². The van der Waals surface area contributed by atoms with Crippen LogP contribution in [-0.4, -0.2) is 27.6 Å². The zero-order valence-electron chi connectivity index (χ0n) is 18.7. The van der Waals surface area contributed by atoms with Crippen LogP contribution in [0.3, 0.4) is 0 Å². The molecular formula is C26H22N6OS. The Bertz CT molecular complexity index is 1330. The van der Waals surface area contributed by atoms with Crippen molar-refractivity contribution in [1.29, 1.82) is 0 Å². The Kier molecular flexibility index (Phi) is 7.10. The summed E-state index contributed by atoms with van der Waals surface area (Å²) in [6, 6.07) is 26.7. The first kappa shape index (κ1) is 22.9. The summed E-state index contributed by atoms with van der Waals surface area (Å²) in [5, 5.41) is 12.8. The third-order valence-corrected chi connectivity index (χ3v) is 5.28. The van der Waals surface area contributed by atoms with Crippen LogP contribution in [0.2, 0.25) is 0 Å². The second-order valence-corrected chi connectivity index (χ2v) is 7.82. The Labute approximate surface area is 203 Å². The molecule has 0 aromatic heterocycles. The average Bonchev–Trinajstić information content (AvgIpc) is 3.13. The molecule has 0 spiro atoms. The maximum absolute atomic E-state index is 12.9. The van der Waals surface area contributed by atoms with Crippen molar-refractivity contribution in [2.24, 2.45) is 20.3 Å². The number of hydrogen-bond acceptors (Lipinski definition) is 5. The number of rotatable bonds is 4. The predicted octanol–water partition coefficient (Wildman–Crippen LogP) is 5.81. The minimum atomic E-state index is -0.346. The topological polar surface area (TPSA) is 81.8 Å². The zero-order valence-corrected chi connectivity index (χ0v) is 19.5. The highest BCUT2D eigenvalue weighted by atomic mass is 32.1.